The average molecular weight is 241 g/mol. The topological polar surface area (TPSA) is 61.7 Å². The van der Waals surface area contributed by atoms with Crippen LogP contribution in [0.5, 0.6) is 0 Å². The first-order valence-electron chi connectivity index (χ1n) is 5.79. The SMILES string of the molecule is Cc1cc(-c2nc3ccc(N)cc3n2C)nn1C. The molecule has 0 spiro atoms. The molecule has 92 valence electrons. The van der Waals surface area contributed by atoms with Crippen LogP contribution in [-0.4, -0.2) is 19.3 Å². The summed E-state index contributed by atoms with van der Waals surface area (Å²) in [6, 6.07) is 7.76. The minimum absolute atomic E-state index is 0.745. The highest BCUT2D eigenvalue weighted by molar-refractivity contribution is 5.82. The fourth-order valence-electron chi connectivity index (χ4n) is 2.11. The van der Waals surface area contributed by atoms with Crippen molar-refractivity contribution >= 4 is 16.7 Å². The van der Waals surface area contributed by atoms with Crippen molar-refractivity contribution < 1.29 is 0 Å². The van der Waals surface area contributed by atoms with Gasteiger partial charge in [0.1, 0.15) is 5.69 Å². The molecule has 5 heteroatoms. The van der Waals surface area contributed by atoms with Crippen LogP contribution in [0.2, 0.25) is 0 Å². The van der Waals surface area contributed by atoms with Crippen molar-refractivity contribution in [2.45, 2.75) is 6.92 Å². The fraction of sp³-hybridized carbons (Fsp3) is 0.231. The zero-order valence-corrected chi connectivity index (χ0v) is 10.7. The number of benzene rings is 1. The Morgan fingerprint density at radius 1 is 1.17 bits per heavy atom. The van der Waals surface area contributed by atoms with E-state index in [2.05, 4.69) is 10.1 Å². The van der Waals surface area contributed by atoms with Gasteiger partial charge < -0.3 is 10.3 Å². The second-order valence-electron chi connectivity index (χ2n) is 4.54. The highest BCUT2D eigenvalue weighted by atomic mass is 15.3. The lowest BCUT2D eigenvalue weighted by molar-refractivity contribution is 0.739. The smallest absolute Gasteiger partial charge is 0.161 e. The predicted molar refractivity (Wildman–Crippen MR) is 72.1 cm³/mol. The Morgan fingerprint density at radius 3 is 2.61 bits per heavy atom. The van der Waals surface area contributed by atoms with Gasteiger partial charge >= 0.3 is 0 Å². The maximum atomic E-state index is 5.81. The van der Waals surface area contributed by atoms with Crippen LogP contribution in [0.3, 0.4) is 0 Å². The van der Waals surface area contributed by atoms with Gasteiger partial charge in [0.25, 0.3) is 0 Å². The molecule has 0 atom stereocenters. The van der Waals surface area contributed by atoms with E-state index in [9.17, 15) is 0 Å². The van der Waals surface area contributed by atoms with Crippen LogP contribution in [0, 0.1) is 6.92 Å². The van der Waals surface area contributed by atoms with Crippen molar-refractivity contribution in [1.29, 1.82) is 0 Å². The molecule has 0 aliphatic heterocycles. The molecule has 18 heavy (non-hydrogen) atoms. The number of fused-ring (bicyclic) bond motifs is 1. The molecule has 0 bridgehead atoms. The van der Waals surface area contributed by atoms with E-state index < -0.39 is 0 Å². The van der Waals surface area contributed by atoms with Gasteiger partial charge in [0.05, 0.1) is 11.0 Å². The summed E-state index contributed by atoms with van der Waals surface area (Å²) in [6.07, 6.45) is 0. The Balaban J connectivity index is 2.26. The molecule has 0 saturated carbocycles. The van der Waals surface area contributed by atoms with Crippen LogP contribution in [-0.2, 0) is 14.1 Å². The van der Waals surface area contributed by atoms with E-state index in [1.54, 1.807) is 0 Å². The summed E-state index contributed by atoms with van der Waals surface area (Å²) in [5, 5.41) is 4.46. The van der Waals surface area contributed by atoms with Crippen LogP contribution in [0.1, 0.15) is 5.69 Å². The maximum absolute atomic E-state index is 5.81. The summed E-state index contributed by atoms with van der Waals surface area (Å²) in [5.41, 5.74) is 10.5. The summed E-state index contributed by atoms with van der Waals surface area (Å²) < 4.78 is 3.87. The van der Waals surface area contributed by atoms with Crippen LogP contribution in [0.4, 0.5) is 5.69 Å². The number of aromatic nitrogens is 4. The molecule has 0 amide bonds. The van der Waals surface area contributed by atoms with Gasteiger partial charge in [0.2, 0.25) is 0 Å². The van der Waals surface area contributed by atoms with E-state index in [-0.39, 0.29) is 0 Å². The van der Waals surface area contributed by atoms with Crippen molar-refractivity contribution in [3.63, 3.8) is 0 Å². The van der Waals surface area contributed by atoms with Gasteiger partial charge in [-0.1, -0.05) is 0 Å². The second-order valence-corrected chi connectivity index (χ2v) is 4.54. The number of anilines is 1. The maximum Gasteiger partial charge on any atom is 0.161 e. The van der Waals surface area contributed by atoms with E-state index in [1.165, 1.54) is 0 Å². The molecule has 0 fully saturated rings. The largest absolute Gasteiger partial charge is 0.399 e. The normalized spacial score (nSPS) is 11.3. The summed E-state index contributed by atoms with van der Waals surface area (Å²) in [7, 11) is 3.91. The third-order valence-corrected chi connectivity index (χ3v) is 3.25. The molecule has 3 aromatic rings. The highest BCUT2D eigenvalue weighted by Gasteiger charge is 2.13. The summed E-state index contributed by atoms with van der Waals surface area (Å²) >= 11 is 0. The van der Waals surface area contributed by atoms with E-state index in [4.69, 9.17) is 5.73 Å². The van der Waals surface area contributed by atoms with Gasteiger partial charge in [0, 0.05) is 25.5 Å². The Kier molecular flexibility index (Phi) is 2.16. The Bertz CT molecular complexity index is 716. The molecule has 0 saturated heterocycles. The standard InChI is InChI=1S/C13H15N5/c1-8-6-11(16-18(8)3)13-15-10-5-4-9(14)7-12(10)17(13)2/h4-7H,14H2,1-3H3. The first-order chi connectivity index (χ1) is 8.56. The number of hydrogen-bond donors (Lipinski definition) is 1. The predicted octanol–water partition coefficient (Wildman–Crippen LogP) is 1.86. The molecule has 1 aromatic carbocycles. The molecule has 0 aliphatic carbocycles. The van der Waals surface area contributed by atoms with E-state index in [0.29, 0.717) is 0 Å². The van der Waals surface area contributed by atoms with Crippen molar-refractivity contribution in [2.24, 2.45) is 14.1 Å². The van der Waals surface area contributed by atoms with Gasteiger partial charge in [-0.25, -0.2) is 4.98 Å². The molecule has 2 aromatic heterocycles. The molecule has 0 unspecified atom stereocenters. The lowest BCUT2D eigenvalue weighted by atomic mass is 10.3. The van der Waals surface area contributed by atoms with Crippen LogP contribution < -0.4 is 5.73 Å². The van der Waals surface area contributed by atoms with E-state index in [0.717, 1.165) is 33.9 Å². The molecular formula is C13H15N5. The van der Waals surface area contributed by atoms with Gasteiger partial charge in [-0.3, -0.25) is 4.68 Å². The minimum Gasteiger partial charge on any atom is -0.399 e. The molecule has 0 aliphatic rings. The van der Waals surface area contributed by atoms with Gasteiger partial charge in [-0.2, -0.15) is 5.10 Å². The Morgan fingerprint density at radius 2 is 1.94 bits per heavy atom. The minimum atomic E-state index is 0.745. The number of rotatable bonds is 1. The van der Waals surface area contributed by atoms with E-state index in [1.807, 2.05) is 54.5 Å². The lowest BCUT2D eigenvalue weighted by Crippen LogP contribution is -1.96. The molecule has 2 N–H and O–H groups in total. The van der Waals surface area contributed by atoms with E-state index >= 15 is 0 Å². The molecule has 5 nitrogen and oxygen atoms in total. The van der Waals surface area contributed by atoms with Crippen molar-refractivity contribution in [2.75, 3.05) is 5.73 Å². The summed E-state index contributed by atoms with van der Waals surface area (Å²) in [5.74, 6) is 0.860. The van der Waals surface area contributed by atoms with Crippen LogP contribution in [0.15, 0.2) is 24.3 Å². The number of nitrogens with zero attached hydrogens (tertiary/aromatic N) is 4. The van der Waals surface area contributed by atoms with Gasteiger partial charge in [-0.05, 0) is 31.2 Å². The molecule has 0 radical (unpaired) electrons. The second kappa shape index (κ2) is 3.60. The fourth-order valence-corrected chi connectivity index (χ4v) is 2.11. The third kappa shape index (κ3) is 1.48. The molecular weight excluding hydrogens is 226 g/mol. The Hall–Kier alpha value is -2.30. The zero-order chi connectivity index (χ0) is 12.9. The van der Waals surface area contributed by atoms with Gasteiger partial charge in [0.15, 0.2) is 5.82 Å². The monoisotopic (exact) mass is 241 g/mol. The van der Waals surface area contributed by atoms with Crippen molar-refractivity contribution in [3.05, 3.63) is 30.0 Å². The van der Waals surface area contributed by atoms with Crippen molar-refractivity contribution in [1.82, 2.24) is 19.3 Å². The van der Waals surface area contributed by atoms with Crippen molar-refractivity contribution in [3.8, 4) is 11.5 Å². The summed E-state index contributed by atoms with van der Waals surface area (Å²) in [4.78, 5) is 4.61. The third-order valence-electron chi connectivity index (χ3n) is 3.25. The highest BCUT2D eigenvalue weighted by Crippen LogP contribution is 2.24. The van der Waals surface area contributed by atoms with Gasteiger partial charge in [-0.15, -0.1) is 0 Å². The van der Waals surface area contributed by atoms with Crippen LogP contribution >= 0.6 is 0 Å². The zero-order valence-electron chi connectivity index (χ0n) is 10.7. The number of imidazole rings is 1. The number of hydrogen-bond acceptors (Lipinski definition) is 3. The lowest BCUT2D eigenvalue weighted by Gasteiger charge is -1.99. The first-order valence-corrected chi connectivity index (χ1v) is 5.79. The summed E-state index contributed by atoms with van der Waals surface area (Å²) in [6.45, 7) is 2.02. The van der Waals surface area contributed by atoms with Crippen LogP contribution in [0.25, 0.3) is 22.6 Å². The number of aryl methyl sites for hydroxylation is 3. The Labute approximate surface area is 105 Å². The quantitative estimate of drug-likeness (QED) is 0.661. The first kappa shape index (κ1) is 10.8. The number of nitrogens with two attached hydrogens (primary N) is 1. The molecule has 3 rings (SSSR count). The molecule has 2 heterocycles. The average Bonchev–Trinajstić information content (AvgIpc) is 2.82. The number of nitrogen functional groups attached to an aromatic ring is 1.